The Morgan fingerprint density at radius 2 is 1.94 bits per heavy atom. The minimum atomic E-state index is -0.358. The minimum Gasteiger partial charge on any atom is -0.461 e. The smallest absolute Gasteiger partial charge is 0.328 e. The van der Waals surface area contributed by atoms with Crippen molar-refractivity contribution in [1.82, 2.24) is 29.7 Å². The van der Waals surface area contributed by atoms with Crippen molar-refractivity contribution in [2.45, 2.75) is 19.4 Å². The number of imidazole rings is 1. The summed E-state index contributed by atoms with van der Waals surface area (Å²) >= 11 is 0. The summed E-state index contributed by atoms with van der Waals surface area (Å²) in [6.07, 6.45) is 2.46. The van der Waals surface area contributed by atoms with Gasteiger partial charge in [-0.25, -0.2) is 4.79 Å². The number of nitrogens with zero attached hydrogens (tertiary/aromatic N) is 4. The van der Waals surface area contributed by atoms with Gasteiger partial charge in [0.15, 0.2) is 11.5 Å². The number of nitrogen functional groups attached to an aromatic ring is 1. The Morgan fingerprint density at radius 3 is 2.67 bits per heavy atom. The summed E-state index contributed by atoms with van der Waals surface area (Å²) in [5.41, 5.74) is 7.74. The highest BCUT2D eigenvalue weighted by molar-refractivity contribution is 5.94. The molecular formula is C22H29N7O4. The average molecular weight is 456 g/mol. The Morgan fingerprint density at radius 1 is 1.18 bits per heavy atom. The zero-order valence-corrected chi connectivity index (χ0v) is 18.7. The molecule has 1 fully saturated rings. The van der Waals surface area contributed by atoms with Crippen LogP contribution in [0.1, 0.15) is 28.8 Å². The molecule has 3 heterocycles. The Balaban J connectivity index is 1.43. The first-order chi connectivity index (χ1) is 16.0. The fourth-order valence-corrected chi connectivity index (χ4v) is 3.84. The van der Waals surface area contributed by atoms with Gasteiger partial charge >= 0.3 is 11.7 Å². The summed E-state index contributed by atoms with van der Waals surface area (Å²) in [6.45, 7) is 4.60. The predicted octanol–water partition coefficient (Wildman–Crippen LogP) is 0.601. The number of ether oxygens (including phenoxy) is 2. The first kappa shape index (κ1) is 22.7. The van der Waals surface area contributed by atoms with Crippen molar-refractivity contribution >= 4 is 22.9 Å². The molecule has 0 bridgehead atoms. The van der Waals surface area contributed by atoms with E-state index in [9.17, 15) is 9.59 Å². The fraction of sp³-hybridized carbons (Fsp3) is 0.455. The number of carbonyl (C=O) groups excluding carboxylic acids is 1. The van der Waals surface area contributed by atoms with Crippen LogP contribution in [0.4, 0.5) is 5.82 Å². The normalized spacial score (nSPS) is 14.1. The second-order valence-electron chi connectivity index (χ2n) is 7.95. The molecule has 0 spiro atoms. The quantitative estimate of drug-likeness (QED) is 0.378. The van der Waals surface area contributed by atoms with Crippen LogP contribution in [0.25, 0.3) is 11.2 Å². The molecule has 0 saturated carbocycles. The lowest BCUT2D eigenvalue weighted by molar-refractivity contribution is 0.0949. The maximum atomic E-state index is 12.5. The van der Waals surface area contributed by atoms with E-state index in [0.717, 1.165) is 25.2 Å². The standard InChI is InChI=1S/C22H29N7O4/c1-32-12-13-33-21-26-18(23)17-19(27-21)29(22(31)25-17)14-15-4-6-16(7-5-15)20(30)24-8-11-28-9-2-3-10-28/h4-7H,2-3,8-14H2,1H3,(H,24,30)(H,25,31)(H2,23,26,27). The number of H-pyrrole nitrogens is 1. The molecular weight excluding hydrogens is 426 g/mol. The fourth-order valence-electron chi connectivity index (χ4n) is 3.84. The van der Waals surface area contributed by atoms with Gasteiger partial charge in [0.2, 0.25) is 0 Å². The van der Waals surface area contributed by atoms with Crippen LogP contribution in [0, 0.1) is 0 Å². The zero-order chi connectivity index (χ0) is 23.2. The van der Waals surface area contributed by atoms with Crippen molar-refractivity contribution in [2.24, 2.45) is 0 Å². The molecule has 1 amide bonds. The number of carbonyl (C=O) groups is 1. The lowest BCUT2D eigenvalue weighted by Crippen LogP contribution is -2.33. The lowest BCUT2D eigenvalue weighted by atomic mass is 10.1. The molecule has 4 rings (SSSR count). The van der Waals surface area contributed by atoms with Crippen LogP contribution < -0.4 is 21.5 Å². The summed E-state index contributed by atoms with van der Waals surface area (Å²) < 4.78 is 11.9. The summed E-state index contributed by atoms with van der Waals surface area (Å²) in [5.74, 6) is 0.0209. The van der Waals surface area contributed by atoms with Gasteiger partial charge in [-0.05, 0) is 43.6 Å². The SMILES string of the molecule is COCCOc1nc(N)c2[nH]c(=O)n(Cc3ccc(C(=O)NCCN4CCCC4)cc3)c2n1. The van der Waals surface area contributed by atoms with E-state index >= 15 is 0 Å². The van der Waals surface area contributed by atoms with Crippen molar-refractivity contribution in [1.29, 1.82) is 0 Å². The van der Waals surface area contributed by atoms with Gasteiger partial charge in [-0.1, -0.05) is 12.1 Å². The highest BCUT2D eigenvalue weighted by atomic mass is 16.5. The molecule has 3 aromatic rings. The van der Waals surface area contributed by atoms with E-state index in [0.29, 0.717) is 29.9 Å². The molecule has 2 aromatic heterocycles. The van der Waals surface area contributed by atoms with E-state index in [2.05, 4.69) is 25.2 Å². The number of rotatable bonds is 10. The molecule has 11 nitrogen and oxygen atoms in total. The molecule has 11 heteroatoms. The number of likely N-dealkylation sites (tertiary alicyclic amines) is 1. The Kier molecular flexibility index (Phi) is 7.20. The minimum absolute atomic E-state index is 0.0748. The maximum absolute atomic E-state index is 12.5. The largest absolute Gasteiger partial charge is 0.461 e. The number of aromatic amines is 1. The van der Waals surface area contributed by atoms with Crippen LogP contribution in [0.15, 0.2) is 29.1 Å². The third kappa shape index (κ3) is 5.49. The maximum Gasteiger partial charge on any atom is 0.328 e. The number of hydrogen-bond acceptors (Lipinski definition) is 8. The van der Waals surface area contributed by atoms with Crippen LogP contribution in [-0.2, 0) is 11.3 Å². The molecule has 1 aliphatic rings. The molecule has 1 aliphatic heterocycles. The molecule has 4 N–H and O–H groups in total. The van der Waals surface area contributed by atoms with Gasteiger partial charge in [0, 0.05) is 25.8 Å². The van der Waals surface area contributed by atoms with Gasteiger partial charge in [0.25, 0.3) is 5.91 Å². The number of aromatic nitrogens is 4. The summed E-state index contributed by atoms with van der Waals surface area (Å²) in [4.78, 5) is 38.4. The van der Waals surface area contributed by atoms with E-state index in [1.807, 2.05) is 12.1 Å². The van der Waals surface area contributed by atoms with E-state index in [4.69, 9.17) is 15.2 Å². The van der Waals surface area contributed by atoms with Gasteiger partial charge in [-0.3, -0.25) is 9.36 Å². The van der Waals surface area contributed by atoms with Crippen molar-refractivity contribution in [2.75, 3.05) is 52.2 Å². The molecule has 0 unspecified atom stereocenters. The van der Waals surface area contributed by atoms with Crippen LogP contribution in [-0.4, -0.2) is 76.8 Å². The van der Waals surface area contributed by atoms with Crippen LogP contribution in [0.3, 0.4) is 0 Å². The highest BCUT2D eigenvalue weighted by Crippen LogP contribution is 2.18. The third-order valence-electron chi connectivity index (χ3n) is 5.62. The second-order valence-corrected chi connectivity index (χ2v) is 7.95. The van der Waals surface area contributed by atoms with Gasteiger partial charge in [0.05, 0.1) is 13.2 Å². The van der Waals surface area contributed by atoms with E-state index in [-0.39, 0.29) is 36.6 Å². The molecule has 0 aliphatic carbocycles. The van der Waals surface area contributed by atoms with Gasteiger partial charge in [-0.15, -0.1) is 0 Å². The average Bonchev–Trinajstić information content (AvgIpc) is 3.43. The highest BCUT2D eigenvalue weighted by Gasteiger charge is 2.16. The van der Waals surface area contributed by atoms with Crippen molar-refractivity contribution in [3.05, 3.63) is 45.9 Å². The van der Waals surface area contributed by atoms with Crippen molar-refractivity contribution < 1.29 is 14.3 Å². The second kappa shape index (κ2) is 10.5. The van der Waals surface area contributed by atoms with Crippen LogP contribution >= 0.6 is 0 Å². The monoisotopic (exact) mass is 455 g/mol. The van der Waals surface area contributed by atoms with Gasteiger partial charge in [0.1, 0.15) is 12.1 Å². The number of amides is 1. The number of hydrogen-bond donors (Lipinski definition) is 3. The van der Waals surface area contributed by atoms with E-state index in [1.165, 1.54) is 17.4 Å². The van der Waals surface area contributed by atoms with Crippen molar-refractivity contribution in [3.8, 4) is 6.01 Å². The number of anilines is 1. The topological polar surface area (TPSA) is 140 Å². The molecule has 0 atom stereocenters. The third-order valence-corrected chi connectivity index (χ3v) is 5.62. The molecule has 1 aromatic carbocycles. The van der Waals surface area contributed by atoms with E-state index < -0.39 is 0 Å². The van der Waals surface area contributed by atoms with Gasteiger partial charge in [-0.2, -0.15) is 9.97 Å². The zero-order valence-electron chi connectivity index (χ0n) is 18.7. The predicted molar refractivity (Wildman–Crippen MR) is 123 cm³/mol. The Labute approximate surface area is 190 Å². The molecule has 33 heavy (non-hydrogen) atoms. The Bertz CT molecular complexity index is 1150. The lowest BCUT2D eigenvalue weighted by Gasteiger charge is -2.14. The first-order valence-electron chi connectivity index (χ1n) is 11.0. The number of methoxy groups -OCH3 is 1. The first-order valence-corrected chi connectivity index (χ1v) is 11.0. The molecule has 1 saturated heterocycles. The van der Waals surface area contributed by atoms with Crippen LogP contribution in [0.5, 0.6) is 6.01 Å². The summed E-state index contributed by atoms with van der Waals surface area (Å²) in [6, 6.07) is 7.22. The van der Waals surface area contributed by atoms with E-state index in [1.54, 1.807) is 19.2 Å². The number of benzene rings is 1. The Hall–Kier alpha value is -3.44. The summed E-state index contributed by atoms with van der Waals surface area (Å²) in [7, 11) is 1.56. The molecule has 176 valence electrons. The van der Waals surface area contributed by atoms with Crippen molar-refractivity contribution in [3.63, 3.8) is 0 Å². The molecule has 0 radical (unpaired) electrons. The number of nitrogens with two attached hydrogens (primary N) is 1. The van der Waals surface area contributed by atoms with Gasteiger partial charge < -0.3 is 30.4 Å². The number of nitrogens with one attached hydrogen (secondary N) is 2. The summed E-state index contributed by atoms with van der Waals surface area (Å²) in [5, 5.41) is 2.96. The number of fused-ring (bicyclic) bond motifs is 1. The van der Waals surface area contributed by atoms with Crippen LogP contribution in [0.2, 0.25) is 0 Å².